The Morgan fingerprint density at radius 1 is 1.13 bits per heavy atom. The lowest BCUT2D eigenvalue weighted by molar-refractivity contribution is -0.138. The number of nitrogens with one attached hydrogen (secondary N) is 2. The molecule has 2 aliphatic heterocycles. The van der Waals surface area contributed by atoms with Gasteiger partial charge in [0.1, 0.15) is 12.2 Å². The van der Waals surface area contributed by atoms with Crippen molar-refractivity contribution < 1.29 is 23.9 Å². The molecular formula is C30H38ClN3O5. The molecule has 2 aromatic rings. The van der Waals surface area contributed by atoms with Crippen molar-refractivity contribution >= 4 is 35.0 Å². The quantitative estimate of drug-likeness (QED) is 0.499. The molecule has 0 radical (unpaired) electrons. The summed E-state index contributed by atoms with van der Waals surface area (Å²) in [5.41, 5.74) is 2.94. The highest BCUT2D eigenvalue weighted by Crippen LogP contribution is 2.41. The summed E-state index contributed by atoms with van der Waals surface area (Å²) in [5, 5.41) is 6.26. The highest BCUT2D eigenvalue weighted by Gasteiger charge is 2.39. The number of fused-ring (bicyclic) bond motifs is 1. The zero-order chi connectivity index (χ0) is 28.2. The molecular weight excluding hydrogens is 518 g/mol. The van der Waals surface area contributed by atoms with E-state index < -0.39 is 12.2 Å². The first-order valence-corrected chi connectivity index (χ1v) is 13.9. The van der Waals surface area contributed by atoms with E-state index >= 15 is 0 Å². The van der Waals surface area contributed by atoms with Gasteiger partial charge in [-0.05, 0) is 47.6 Å². The minimum atomic E-state index is -1.01. The van der Waals surface area contributed by atoms with Crippen LogP contribution in [0.15, 0.2) is 42.5 Å². The van der Waals surface area contributed by atoms with Crippen molar-refractivity contribution in [3.8, 4) is 0 Å². The van der Waals surface area contributed by atoms with E-state index in [-0.39, 0.29) is 35.7 Å². The van der Waals surface area contributed by atoms with E-state index in [1.54, 1.807) is 11.0 Å². The summed E-state index contributed by atoms with van der Waals surface area (Å²) in [7, 11) is 0. The van der Waals surface area contributed by atoms with Crippen molar-refractivity contribution in [2.45, 2.75) is 71.8 Å². The summed E-state index contributed by atoms with van der Waals surface area (Å²) in [6.45, 7) is 9.58. The van der Waals surface area contributed by atoms with Crippen LogP contribution in [0.3, 0.4) is 0 Å². The minimum absolute atomic E-state index is 0.00240. The van der Waals surface area contributed by atoms with E-state index in [0.717, 1.165) is 29.5 Å². The Kier molecular flexibility index (Phi) is 9.31. The van der Waals surface area contributed by atoms with Gasteiger partial charge in [0.2, 0.25) is 11.8 Å². The van der Waals surface area contributed by atoms with Crippen LogP contribution in [-0.2, 0) is 30.4 Å². The van der Waals surface area contributed by atoms with Crippen LogP contribution in [0.2, 0.25) is 5.02 Å². The molecule has 0 spiro atoms. The van der Waals surface area contributed by atoms with Crippen LogP contribution in [-0.4, -0.2) is 49.6 Å². The van der Waals surface area contributed by atoms with Crippen molar-refractivity contribution in [1.29, 1.82) is 0 Å². The summed E-state index contributed by atoms with van der Waals surface area (Å²) < 4.78 is 12.2. The smallest absolute Gasteiger partial charge is 0.256 e. The molecule has 210 valence electrons. The number of ether oxygens (including phenoxy) is 2. The number of amides is 3. The Bertz CT molecular complexity index is 1210. The number of carbonyl (C=O) groups excluding carboxylic acids is 3. The van der Waals surface area contributed by atoms with Gasteiger partial charge in [-0.1, -0.05) is 56.6 Å². The normalized spacial score (nSPS) is 21.3. The Balaban J connectivity index is 1.69. The van der Waals surface area contributed by atoms with Crippen molar-refractivity contribution in [1.82, 2.24) is 10.6 Å². The van der Waals surface area contributed by atoms with Gasteiger partial charge in [0, 0.05) is 49.4 Å². The van der Waals surface area contributed by atoms with Crippen LogP contribution in [0.25, 0.3) is 0 Å². The molecule has 3 atom stereocenters. The summed E-state index contributed by atoms with van der Waals surface area (Å²) in [6, 6.07) is 13.1. The molecule has 3 amide bonds. The lowest BCUT2D eigenvalue weighted by atomic mass is 9.94. The van der Waals surface area contributed by atoms with Gasteiger partial charge in [0.25, 0.3) is 5.91 Å². The molecule has 2 heterocycles. The predicted molar refractivity (Wildman–Crippen MR) is 151 cm³/mol. The number of rotatable bonds is 8. The van der Waals surface area contributed by atoms with E-state index in [4.69, 9.17) is 21.1 Å². The van der Waals surface area contributed by atoms with Crippen molar-refractivity contribution in [3.05, 3.63) is 64.2 Å². The summed E-state index contributed by atoms with van der Waals surface area (Å²) in [4.78, 5) is 40.2. The fourth-order valence-electron chi connectivity index (χ4n) is 4.97. The van der Waals surface area contributed by atoms with E-state index in [1.165, 1.54) is 6.92 Å². The lowest BCUT2D eigenvalue weighted by Gasteiger charge is -2.31. The second-order valence-corrected chi connectivity index (χ2v) is 11.9. The Labute approximate surface area is 235 Å². The van der Waals surface area contributed by atoms with Crippen LogP contribution < -0.4 is 15.5 Å². The lowest BCUT2D eigenvalue weighted by Crippen LogP contribution is -2.45. The number of hydrogen-bond acceptors (Lipinski definition) is 5. The zero-order valence-corrected chi connectivity index (χ0v) is 23.8. The van der Waals surface area contributed by atoms with E-state index in [9.17, 15) is 14.4 Å². The van der Waals surface area contributed by atoms with E-state index in [2.05, 4.69) is 31.4 Å². The first-order valence-electron chi connectivity index (χ1n) is 13.5. The molecule has 1 saturated heterocycles. The van der Waals surface area contributed by atoms with Gasteiger partial charge in [-0.25, -0.2) is 0 Å². The predicted octanol–water partition coefficient (Wildman–Crippen LogP) is 4.53. The SMILES string of the molecule is CC(=O)NCc1cccc(C2OC(CC(=O)NCC3CCCO3)C(=O)N(CC(C)(C)C)c3ccc(Cl)cc32)c1. The van der Waals surface area contributed by atoms with Gasteiger partial charge in [-0.3, -0.25) is 14.4 Å². The third kappa shape index (κ3) is 7.81. The molecule has 0 aromatic heterocycles. The van der Waals surface area contributed by atoms with Crippen LogP contribution in [0.1, 0.15) is 69.8 Å². The number of carbonyl (C=O) groups is 3. The number of hydrogen-bond donors (Lipinski definition) is 2. The van der Waals surface area contributed by atoms with Gasteiger partial charge in [-0.15, -0.1) is 0 Å². The first-order chi connectivity index (χ1) is 18.5. The van der Waals surface area contributed by atoms with Crippen molar-refractivity contribution in [2.24, 2.45) is 5.41 Å². The monoisotopic (exact) mass is 555 g/mol. The zero-order valence-electron chi connectivity index (χ0n) is 23.1. The maximum atomic E-state index is 14.0. The number of halogens is 1. The van der Waals surface area contributed by atoms with Gasteiger partial charge in [0.05, 0.1) is 12.5 Å². The maximum absolute atomic E-state index is 14.0. The van der Waals surface area contributed by atoms with Crippen molar-refractivity contribution in [3.63, 3.8) is 0 Å². The maximum Gasteiger partial charge on any atom is 0.256 e. The largest absolute Gasteiger partial charge is 0.376 e. The van der Waals surface area contributed by atoms with Gasteiger partial charge in [0.15, 0.2) is 0 Å². The molecule has 1 fully saturated rings. The third-order valence-corrected chi connectivity index (χ3v) is 6.99. The topological polar surface area (TPSA) is 97.0 Å². The average molecular weight is 556 g/mol. The number of anilines is 1. The highest BCUT2D eigenvalue weighted by molar-refractivity contribution is 6.30. The molecule has 8 nitrogen and oxygen atoms in total. The average Bonchev–Trinajstić information content (AvgIpc) is 3.37. The second-order valence-electron chi connectivity index (χ2n) is 11.5. The fraction of sp³-hybridized carbons (Fsp3) is 0.500. The summed E-state index contributed by atoms with van der Waals surface area (Å²) in [5.74, 6) is -0.653. The molecule has 0 bridgehead atoms. The molecule has 0 aliphatic carbocycles. The van der Waals surface area contributed by atoms with Crippen molar-refractivity contribution in [2.75, 3.05) is 24.6 Å². The first kappa shape index (κ1) is 29.1. The molecule has 39 heavy (non-hydrogen) atoms. The summed E-state index contributed by atoms with van der Waals surface area (Å²) in [6.07, 6.45) is 0.118. The van der Waals surface area contributed by atoms with Crippen LogP contribution >= 0.6 is 11.6 Å². The Morgan fingerprint density at radius 2 is 1.92 bits per heavy atom. The number of benzene rings is 2. The minimum Gasteiger partial charge on any atom is -0.376 e. The fourth-order valence-corrected chi connectivity index (χ4v) is 5.15. The van der Waals surface area contributed by atoms with Gasteiger partial charge < -0.3 is 25.0 Å². The Hall–Kier alpha value is -2.94. The second kappa shape index (κ2) is 12.5. The molecule has 2 N–H and O–H groups in total. The molecule has 4 rings (SSSR count). The highest BCUT2D eigenvalue weighted by atomic mass is 35.5. The standard InChI is InChI=1S/C30H38ClN3O5/c1-19(35)32-16-20-7-5-8-21(13-20)28-24-14-22(31)10-11-25(24)34(18-30(2,3)4)29(37)26(39-28)15-27(36)33-17-23-9-6-12-38-23/h5,7-8,10-11,13-14,23,26,28H,6,9,12,15-18H2,1-4H3,(H,32,35)(H,33,36). The summed E-state index contributed by atoms with van der Waals surface area (Å²) >= 11 is 6.46. The van der Waals surface area contributed by atoms with E-state index in [1.807, 2.05) is 36.4 Å². The van der Waals surface area contributed by atoms with Gasteiger partial charge in [-0.2, -0.15) is 0 Å². The molecule has 9 heteroatoms. The van der Waals surface area contributed by atoms with E-state index in [0.29, 0.717) is 37.0 Å². The molecule has 3 unspecified atom stereocenters. The van der Waals surface area contributed by atoms with Crippen LogP contribution in [0, 0.1) is 5.41 Å². The Morgan fingerprint density at radius 3 is 2.62 bits per heavy atom. The van der Waals surface area contributed by atoms with Gasteiger partial charge >= 0.3 is 0 Å². The van der Waals surface area contributed by atoms with Crippen LogP contribution in [0.4, 0.5) is 5.69 Å². The molecule has 0 saturated carbocycles. The van der Waals surface area contributed by atoms with Crippen LogP contribution in [0.5, 0.6) is 0 Å². The molecule has 2 aromatic carbocycles. The number of nitrogens with zero attached hydrogens (tertiary/aromatic N) is 1. The molecule has 2 aliphatic rings. The third-order valence-electron chi connectivity index (χ3n) is 6.75.